The summed E-state index contributed by atoms with van der Waals surface area (Å²) in [5.74, 6) is -3.53. The van der Waals surface area contributed by atoms with Gasteiger partial charge in [0.1, 0.15) is 61.6 Å². The van der Waals surface area contributed by atoms with Crippen LogP contribution in [0.4, 0.5) is 31.8 Å². The predicted octanol–water partition coefficient (Wildman–Crippen LogP) is 6.33. The quantitative estimate of drug-likeness (QED) is 0.0358. The maximum absolute atomic E-state index is 13.3. The highest BCUT2D eigenvalue weighted by Crippen LogP contribution is 2.50. The number of piperidine rings is 2. The van der Waals surface area contributed by atoms with Crippen molar-refractivity contribution in [3.05, 3.63) is 146 Å². The number of amides is 9. The maximum atomic E-state index is 13.3. The molecule has 9 fully saturated rings. The van der Waals surface area contributed by atoms with Gasteiger partial charge in [-0.05, 0) is 65.7 Å². The van der Waals surface area contributed by atoms with Crippen molar-refractivity contribution in [1.29, 1.82) is 0 Å². The number of aliphatic carboxylic acids is 3. The highest BCUT2D eigenvalue weighted by molar-refractivity contribution is 5.98. The van der Waals surface area contributed by atoms with Crippen LogP contribution < -0.4 is 31.9 Å². The Labute approximate surface area is 701 Å². The third kappa shape index (κ3) is 18.1. The van der Waals surface area contributed by atoms with Crippen molar-refractivity contribution in [3.8, 4) is 0 Å². The number of carboxylic acids is 3. The van der Waals surface area contributed by atoms with E-state index in [9.17, 15) is 58.5 Å². The van der Waals surface area contributed by atoms with Gasteiger partial charge in [-0.25, -0.2) is 64.0 Å². The number of likely N-dealkylation sites (tertiary alicyclic amines) is 3. The normalized spacial score (nSPS) is 27.0. The Morgan fingerprint density at radius 1 is 0.390 bits per heavy atom. The summed E-state index contributed by atoms with van der Waals surface area (Å²) in [6.45, 7) is 8.64. The van der Waals surface area contributed by atoms with E-state index in [1.807, 2.05) is 105 Å². The van der Waals surface area contributed by atoms with Crippen LogP contribution in [0.3, 0.4) is 0 Å². The predicted molar refractivity (Wildman–Crippen MR) is 427 cm³/mol. The summed E-state index contributed by atoms with van der Waals surface area (Å²) in [7, 11) is 0. The first kappa shape index (κ1) is 84.2. The number of imidazole rings is 3. The van der Waals surface area contributed by atoms with E-state index in [1.54, 1.807) is 43.1 Å². The van der Waals surface area contributed by atoms with Crippen molar-refractivity contribution in [3.63, 3.8) is 0 Å². The fraction of sp³-hybridized carbons (Fsp3) is 0.481. The number of carboxylic acid groups (broad SMARTS) is 3. The van der Waals surface area contributed by atoms with Gasteiger partial charge in [-0.2, -0.15) is 0 Å². The fourth-order valence-corrected chi connectivity index (χ4v) is 17.0. The van der Waals surface area contributed by atoms with Crippen molar-refractivity contribution in [2.45, 2.75) is 184 Å². The van der Waals surface area contributed by atoms with E-state index in [2.05, 4.69) is 76.8 Å². The first-order chi connectivity index (χ1) is 59.8. The molecule has 9 N–H and O–H groups in total. The number of hydrogen-bond donors (Lipinski definition) is 9. The molecule has 648 valence electrons. The molecule has 0 bridgehead atoms. The van der Waals surface area contributed by atoms with Crippen molar-refractivity contribution < 1.29 is 101 Å². The summed E-state index contributed by atoms with van der Waals surface area (Å²) < 4.78 is 62.5. The lowest BCUT2D eigenvalue weighted by Gasteiger charge is -2.31. The third-order valence-corrected chi connectivity index (χ3v) is 22.9. The number of carbonyl (C=O) groups is 9. The molecule has 6 aromatic heterocycles. The van der Waals surface area contributed by atoms with Crippen LogP contribution in [-0.2, 0) is 71.4 Å². The summed E-state index contributed by atoms with van der Waals surface area (Å²) in [5, 5.41) is 44.3. The monoisotopic (exact) mass is 1700 g/mol. The molecule has 42 heteroatoms. The Balaban J connectivity index is 0.000000137. The molecular weight excluding hydrogens is 1600 g/mol. The number of benzene rings is 3. The molecule has 18 rings (SSSR count). The van der Waals surface area contributed by atoms with E-state index < -0.39 is 146 Å². The zero-order chi connectivity index (χ0) is 85.5. The average molecular weight is 1700 g/mol. The van der Waals surface area contributed by atoms with E-state index in [4.69, 9.17) is 42.6 Å². The number of nitrogens with zero attached hydrogens (tertiary/aromatic N) is 15. The van der Waals surface area contributed by atoms with Crippen LogP contribution in [0.25, 0.3) is 33.5 Å². The van der Waals surface area contributed by atoms with Gasteiger partial charge in [0.2, 0.25) is 17.7 Å². The van der Waals surface area contributed by atoms with Crippen LogP contribution in [0.2, 0.25) is 0 Å². The Morgan fingerprint density at radius 2 is 0.764 bits per heavy atom. The van der Waals surface area contributed by atoms with Gasteiger partial charge in [0, 0.05) is 75.5 Å². The summed E-state index contributed by atoms with van der Waals surface area (Å²) in [6, 6.07) is 26.5. The van der Waals surface area contributed by atoms with Crippen molar-refractivity contribution in [2.75, 3.05) is 68.3 Å². The number of carbonyl (C=O) groups excluding carboxylic acids is 6. The van der Waals surface area contributed by atoms with E-state index in [0.717, 1.165) is 16.7 Å². The van der Waals surface area contributed by atoms with Crippen LogP contribution >= 0.6 is 0 Å². The fourth-order valence-electron chi connectivity index (χ4n) is 17.0. The van der Waals surface area contributed by atoms with Crippen molar-refractivity contribution in [2.24, 2.45) is 11.8 Å². The maximum Gasteiger partial charge on any atom is 0.326 e. The zero-order valence-electron chi connectivity index (χ0n) is 67.1. The summed E-state index contributed by atoms with van der Waals surface area (Å²) >= 11 is 0. The second kappa shape index (κ2) is 37.5. The Kier molecular flexibility index (Phi) is 25.7. The summed E-state index contributed by atoms with van der Waals surface area (Å²) in [5.41, 5.74) is 4.90. The van der Waals surface area contributed by atoms with E-state index in [0.29, 0.717) is 124 Å². The molecule has 9 aliphatic heterocycles. The smallest absolute Gasteiger partial charge is 0.326 e. The molecule has 9 aliphatic rings. The van der Waals surface area contributed by atoms with E-state index >= 15 is 0 Å². The Bertz CT molecular complexity index is 5320. The lowest BCUT2D eigenvalue weighted by Crippen LogP contribution is -2.44. The third-order valence-electron chi connectivity index (χ3n) is 22.9. The number of urea groups is 3. The van der Waals surface area contributed by atoms with Gasteiger partial charge >= 0.3 is 36.0 Å². The zero-order valence-corrected chi connectivity index (χ0v) is 67.1. The molecule has 0 radical (unpaired) electrons. The number of aromatic nitrogens is 12. The molecule has 9 saturated heterocycles. The minimum absolute atomic E-state index is 0.000480. The second-order valence-corrected chi connectivity index (χ2v) is 30.7. The summed E-state index contributed by atoms with van der Waals surface area (Å²) in [6.07, 6.45) is 2.96. The number of anilines is 3. The molecule has 0 aliphatic carbocycles. The highest BCUT2D eigenvalue weighted by atomic mass is 16.8. The molecule has 42 nitrogen and oxygen atoms in total. The number of hydrogen-bond acceptors (Lipinski definition) is 27. The number of rotatable bonds is 22. The van der Waals surface area contributed by atoms with Crippen LogP contribution in [0, 0.1) is 11.8 Å². The van der Waals surface area contributed by atoms with Crippen molar-refractivity contribution >= 4 is 105 Å². The highest BCUT2D eigenvalue weighted by Gasteiger charge is 2.58. The SMILES string of the molecule is CCNC(=O)Nc1ncnc2c1ncn2C1OC(CC(=O)N2CCC(C(=O)O)CC2)C2O[C@H](c3ccccc3)OC21.CCNC(=O)Nc1ncnc2c1ncn2C1OC(CC(=O)N2CCC[C@@H](C(=O)O)C2)C2O[C@H](c3ccccc3)OC21.CCNC(=O)Nc1ncnc2c1ncn2C1OC(CCC(=O)N2CCC[C@H]2C(=O)O)C2O[C@H](c3ccccc3)OC21. The van der Waals surface area contributed by atoms with Gasteiger partial charge in [-0.15, -0.1) is 0 Å². The van der Waals surface area contributed by atoms with Gasteiger partial charge < -0.3 is 88.6 Å². The molecule has 0 saturated carbocycles. The lowest BCUT2D eigenvalue weighted by molar-refractivity contribution is -0.157. The van der Waals surface area contributed by atoms with Crippen LogP contribution in [0.15, 0.2) is 129 Å². The number of ether oxygens (including phenoxy) is 9. The van der Waals surface area contributed by atoms with Gasteiger partial charge in [0.15, 0.2) is 88.5 Å². The standard InChI is InChI=1S/3C27H31N7O7/c1-2-28-27(38)32-22-19-23(30-13-29-22)34(14-31-19)24-21-20(40-26(41-21)15-7-4-3-5-8-15)17(39-24)10-11-18(35)33-12-6-9-16(33)25(36)37;1-2-28-27(38)32-22-19-23(30-13-29-22)34(14-31-19)24-21-20(40-26(41-21)15-7-4-3-5-8-15)17(39-24)11-18(35)33-10-6-9-16(12-33)25(36)37;1-2-28-27(38)32-22-19-23(30-13-29-22)34(14-31-19)24-21-20(40-26(41-21)16-6-4-3-5-7-16)17(39-24)12-18(35)33-10-8-15(9-11-33)25(36)37/h2*3-5,7-8,13-14,16-17,20-21,24,26H,2,6,9-12H2,1H3,(H,36,37)(H2,28,29,30,32,38);3-7,13-15,17,20-21,24,26H,2,8-12H2,1H3,(H,36,37)(H2,28,29,30,32,38)/t16-,17?,20?,21?,24?,26-;16-,17?,20?,21?,24?,26+;17?,20?,21?,24?,26-/m010/s1. The lowest BCUT2D eigenvalue weighted by atomic mass is 9.96. The van der Waals surface area contributed by atoms with Crippen LogP contribution in [-0.4, -0.2) is 256 Å². The molecule has 15 heterocycles. The molecule has 0 spiro atoms. The minimum Gasteiger partial charge on any atom is -0.481 e. The number of nitrogens with one attached hydrogen (secondary N) is 6. The van der Waals surface area contributed by atoms with Gasteiger partial charge in [-0.3, -0.25) is 53.6 Å². The minimum atomic E-state index is -0.985. The summed E-state index contributed by atoms with van der Waals surface area (Å²) in [4.78, 5) is 154. The van der Waals surface area contributed by atoms with Crippen LogP contribution in [0.5, 0.6) is 0 Å². The molecule has 9 aromatic rings. The van der Waals surface area contributed by atoms with E-state index in [-0.39, 0.29) is 61.0 Å². The second-order valence-electron chi connectivity index (χ2n) is 30.7. The molecule has 123 heavy (non-hydrogen) atoms. The van der Waals surface area contributed by atoms with Gasteiger partial charge in [0.05, 0.1) is 62.0 Å². The molecule has 17 atom stereocenters. The molecule has 3 aromatic carbocycles. The molecule has 9 amide bonds. The molecule has 12 unspecified atom stereocenters. The number of fused-ring (bicyclic) bond motifs is 6. The average Bonchev–Trinajstić information content (AvgIpc) is 1.60. The van der Waals surface area contributed by atoms with Gasteiger partial charge in [0.25, 0.3) is 0 Å². The topological polar surface area (TPSA) is 510 Å². The Morgan fingerprint density at radius 3 is 1.15 bits per heavy atom. The van der Waals surface area contributed by atoms with Crippen molar-refractivity contribution in [1.82, 2.24) is 89.2 Å². The first-order valence-electron chi connectivity index (χ1n) is 41.0. The largest absolute Gasteiger partial charge is 0.481 e. The Hall–Kier alpha value is -12.4. The molecular formula is C81H93N21O21. The van der Waals surface area contributed by atoms with E-state index in [1.165, 1.54) is 30.2 Å². The van der Waals surface area contributed by atoms with Crippen LogP contribution in [0.1, 0.15) is 139 Å². The van der Waals surface area contributed by atoms with Gasteiger partial charge in [-0.1, -0.05) is 91.0 Å². The first-order valence-corrected chi connectivity index (χ1v) is 41.0.